The van der Waals surface area contributed by atoms with Crippen molar-refractivity contribution in [2.45, 2.75) is 19.9 Å². The number of rotatable bonds is 6. The van der Waals surface area contributed by atoms with Crippen molar-refractivity contribution < 1.29 is 9.90 Å². The molecular weight excluding hydrogens is 214 g/mol. The Labute approximate surface area is 102 Å². The average Bonchev–Trinajstić information content (AvgIpc) is 2.29. The van der Waals surface area contributed by atoms with E-state index in [0.717, 1.165) is 13.0 Å². The molecule has 0 spiro atoms. The largest absolute Gasteiger partial charge is 0.478 e. The highest BCUT2D eigenvalue weighted by Gasteiger charge is 1.98. The average molecular weight is 233 g/mol. The van der Waals surface area contributed by atoms with Gasteiger partial charge in [0.2, 0.25) is 0 Å². The summed E-state index contributed by atoms with van der Waals surface area (Å²) in [4.78, 5) is 12.4. The van der Waals surface area contributed by atoms with Gasteiger partial charge in [0.25, 0.3) is 0 Å². The molecule has 1 N–H and O–H groups in total. The normalized spacial score (nSPS) is 11.2. The van der Waals surface area contributed by atoms with Crippen LogP contribution in [0.5, 0.6) is 0 Å². The molecule has 92 valence electrons. The molecule has 0 aliphatic heterocycles. The van der Waals surface area contributed by atoms with Crippen LogP contribution in [0.3, 0.4) is 0 Å². The standard InChI is InChI=1S/C14H19NO2/c1-3-12-6-8-13(9-7-12)11-15(2)10-4-5-14(16)17/h4-9H,3,10-11H2,1-2H3,(H,16,17)/b5-4+. The van der Waals surface area contributed by atoms with Crippen LogP contribution in [0, 0.1) is 0 Å². The Bertz CT molecular complexity index is 382. The molecule has 0 radical (unpaired) electrons. The Kier molecular flexibility index (Phi) is 5.43. The molecule has 0 saturated carbocycles. The molecule has 0 heterocycles. The number of likely N-dealkylation sites (N-methyl/N-ethyl adjacent to an activating group) is 1. The van der Waals surface area contributed by atoms with E-state index < -0.39 is 5.97 Å². The van der Waals surface area contributed by atoms with Crippen LogP contribution in [-0.2, 0) is 17.8 Å². The zero-order valence-corrected chi connectivity index (χ0v) is 10.4. The van der Waals surface area contributed by atoms with Gasteiger partial charge in [0.05, 0.1) is 0 Å². The van der Waals surface area contributed by atoms with Crippen LogP contribution in [0.4, 0.5) is 0 Å². The second-order valence-corrected chi connectivity index (χ2v) is 4.11. The fourth-order valence-electron chi connectivity index (χ4n) is 1.59. The Morgan fingerprint density at radius 3 is 2.41 bits per heavy atom. The van der Waals surface area contributed by atoms with Crippen LogP contribution < -0.4 is 0 Å². The van der Waals surface area contributed by atoms with Crippen LogP contribution in [0.2, 0.25) is 0 Å². The van der Waals surface area contributed by atoms with Crippen LogP contribution in [0.15, 0.2) is 36.4 Å². The van der Waals surface area contributed by atoms with Crippen molar-refractivity contribution in [1.29, 1.82) is 0 Å². The molecule has 17 heavy (non-hydrogen) atoms. The van der Waals surface area contributed by atoms with Crippen molar-refractivity contribution in [3.05, 3.63) is 47.5 Å². The molecule has 0 amide bonds. The Morgan fingerprint density at radius 2 is 1.88 bits per heavy atom. The summed E-state index contributed by atoms with van der Waals surface area (Å²) in [7, 11) is 1.97. The molecule has 3 nitrogen and oxygen atoms in total. The molecule has 1 aromatic rings. The highest BCUT2D eigenvalue weighted by molar-refractivity contribution is 5.79. The summed E-state index contributed by atoms with van der Waals surface area (Å²) in [6.45, 7) is 3.60. The molecule has 0 fully saturated rings. The molecule has 0 saturated heterocycles. The highest BCUT2D eigenvalue weighted by atomic mass is 16.4. The summed E-state index contributed by atoms with van der Waals surface area (Å²) in [5.41, 5.74) is 2.58. The Morgan fingerprint density at radius 1 is 1.29 bits per heavy atom. The maximum absolute atomic E-state index is 10.3. The van der Waals surface area contributed by atoms with E-state index >= 15 is 0 Å². The van der Waals surface area contributed by atoms with E-state index in [0.29, 0.717) is 6.54 Å². The number of aliphatic carboxylic acids is 1. The van der Waals surface area contributed by atoms with Crippen LogP contribution in [0.25, 0.3) is 0 Å². The number of carboxylic acid groups (broad SMARTS) is 1. The topological polar surface area (TPSA) is 40.5 Å². The second-order valence-electron chi connectivity index (χ2n) is 4.11. The zero-order valence-electron chi connectivity index (χ0n) is 10.4. The van der Waals surface area contributed by atoms with Gasteiger partial charge in [-0.2, -0.15) is 0 Å². The van der Waals surface area contributed by atoms with Crippen molar-refractivity contribution in [3.8, 4) is 0 Å². The molecule has 1 aromatic carbocycles. The Balaban J connectivity index is 2.44. The summed E-state index contributed by atoms with van der Waals surface area (Å²) in [6.07, 6.45) is 3.89. The fourth-order valence-corrected chi connectivity index (χ4v) is 1.59. The van der Waals surface area contributed by atoms with Gasteiger partial charge in [-0.1, -0.05) is 37.3 Å². The minimum absolute atomic E-state index is 0.641. The maximum atomic E-state index is 10.3. The summed E-state index contributed by atoms with van der Waals surface area (Å²) in [5.74, 6) is -0.898. The van der Waals surface area contributed by atoms with Crippen molar-refractivity contribution in [2.24, 2.45) is 0 Å². The molecule has 0 atom stereocenters. The Hall–Kier alpha value is -1.61. The van der Waals surface area contributed by atoms with Crippen molar-refractivity contribution in [1.82, 2.24) is 4.90 Å². The first-order valence-corrected chi connectivity index (χ1v) is 5.77. The van der Waals surface area contributed by atoms with Crippen LogP contribution in [0.1, 0.15) is 18.1 Å². The minimum Gasteiger partial charge on any atom is -0.478 e. The van der Waals surface area contributed by atoms with Crippen molar-refractivity contribution in [2.75, 3.05) is 13.6 Å². The van der Waals surface area contributed by atoms with Gasteiger partial charge in [-0.3, -0.25) is 4.90 Å². The first kappa shape index (κ1) is 13.5. The molecular formula is C14H19NO2. The summed E-state index contributed by atoms with van der Waals surface area (Å²) in [5, 5.41) is 8.47. The lowest BCUT2D eigenvalue weighted by atomic mass is 10.1. The van der Waals surface area contributed by atoms with Gasteiger partial charge >= 0.3 is 5.97 Å². The molecule has 0 aromatic heterocycles. The van der Waals surface area contributed by atoms with Gasteiger partial charge in [-0.15, -0.1) is 0 Å². The first-order valence-electron chi connectivity index (χ1n) is 5.77. The summed E-state index contributed by atoms with van der Waals surface area (Å²) in [6, 6.07) is 8.51. The van der Waals surface area contributed by atoms with Gasteiger partial charge in [0.1, 0.15) is 0 Å². The van der Waals surface area contributed by atoms with Gasteiger partial charge in [-0.05, 0) is 24.6 Å². The van der Waals surface area contributed by atoms with E-state index in [-0.39, 0.29) is 0 Å². The maximum Gasteiger partial charge on any atom is 0.328 e. The lowest BCUT2D eigenvalue weighted by Gasteiger charge is -2.14. The summed E-state index contributed by atoms with van der Waals surface area (Å²) >= 11 is 0. The van der Waals surface area contributed by atoms with Gasteiger partial charge in [0.15, 0.2) is 0 Å². The van der Waals surface area contributed by atoms with Crippen molar-refractivity contribution >= 4 is 5.97 Å². The number of hydrogen-bond donors (Lipinski definition) is 1. The van der Waals surface area contributed by atoms with E-state index in [1.165, 1.54) is 17.2 Å². The third-order valence-electron chi connectivity index (χ3n) is 2.56. The monoisotopic (exact) mass is 233 g/mol. The van der Waals surface area contributed by atoms with E-state index in [4.69, 9.17) is 5.11 Å². The third kappa shape index (κ3) is 5.31. The quantitative estimate of drug-likeness (QED) is 0.767. The lowest BCUT2D eigenvalue weighted by Crippen LogP contribution is -2.17. The number of benzene rings is 1. The van der Waals surface area contributed by atoms with Gasteiger partial charge in [0, 0.05) is 19.2 Å². The van der Waals surface area contributed by atoms with Crippen LogP contribution in [-0.4, -0.2) is 29.6 Å². The second kappa shape index (κ2) is 6.86. The predicted octanol–water partition coefficient (Wildman–Crippen LogP) is 2.32. The molecule has 0 aliphatic rings. The van der Waals surface area contributed by atoms with E-state index in [9.17, 15) is 4.79 Å². The van der Waals surface area contributed by atoms with E-state index in [1.807, 2.05) is 7.05 Å². The van der Waals surface area contributed by atoms with Gasteiger partial charge in [-0.25, -0.2) is 4.79 Å². The number of carbonyl (C=O) groups is 1. The number of nitrogens with zero attached hydrogens (tertiary/aromatic N) is 1. The number of hydrogen-bond acceptors (Lipinski definition) is 2. The van der Waals surface area contributed by atoms with Gasteiger partial charge < -0.3 is 5.11 Å². The smallest absolute Gasteiger partial charge is 0.328 e. The molecule has 0 aliphatic carbocycles. The molecule has 1 rings (SSSR count). The minimum atomic E-state index is -0.898. The zero-order chi connectivity index (χ0) is 12.7. The van der Waals surface area contributed by atoms with E-state index in [1.54, 1.807) is 6.08 Å². The molecule has 0 bridgehead atoms. The lowest BCUT2D eigenvalue weighted by molar-refractivity contribution is -0.131. The predicted molar refractivity (Wildman–Crippen MR) is 68.9 cm³/mol. The molecule has 3 heteroatoms. The molecule has 0 unspecified atom stereocenters. The first-order chi connectivity index (χ1) is 8.11. The summed E-state index contributed by atoms with van der Waals surface area (Å²) < 4.78 is 0. The third-order valence-corrected chi connectivity index (χ3v) is 2.56. The SMILES string of the molecule is CCc1ccc(CN(C)C/C=C/C(=O)O)cc1. The number of carboxylic acids is 1. The van der Waals surface area contributed by atoms with E-state index in [2.05, 4.69) is 36.1 Å². The fraction of sp³-hybridized carbons (Fsp3) is 0.357. The van der Waals surface area contributed by atoms with Crippen LogP contribution >= 0.6 is 0 Å². The highest BCUT2D eigenvalue weighted by Crippen LogP contribution is 2.07. The van der Waals surface area contributed by atoms with Crippen molar-refractivity contribution in [3.63, 3.8) is 0 Å². The number of aryl methyl sites for hydroxylation is 1.